The van der Waals surface area contributed by atoms with Crippen molar-refractivity contribution in [1.29, 1.82) is 0 Å². The third-order valence-electron chi connectivity index (χ3n) is 4.39. The molecule has 0 saturated carbocycles. The fourth-order valence-electron chi connectivity index (χ4n) is 2.87. The second kappa shape index (κ2) is 10.6. The molecule has 0 aliphatic carbocycles. The van der Waals surface area contributed by atoms with Crippen molar-refractivity contribution in [1.82, 2.24) is 4.98 Å². The van der Waals surface area contributed by atoms with Crippen molar-refractivity contribution in [2.75, 3.05) is 0 Å². The number of unbranched alkanes of at least 4 members (excludes halogenated alkanes) is 8. The van der Waals surface area contributed by atoms with E-state index in [9.17, 15) is 0 Å². The Hall–Kier alpha value is -1.15. The Bertz CT molecular complexity index is 541. The summed E-state index contributed by atoms with van der Waals surface area (Å²) in [6.45, 7) is 4.41. The summed E-state index contributed by atoms with van der Waals surface area (Å²) in [5.41, 5.74) is 3.83. The highest BCUT2D eigenvalue weighted by atomic mass is 32.1. The Balaban J connectivity index is 1.61. The first kappa shape index (κ1) is 18.2. The van der Waals surface area contributed by atoms with Crippen LogP contribution in [0.4, 0.5) is 0 Å². The summed E-state index contributed by atoms with van der Waals surface area (Å²) in [6.07, 6.45) is 13.6. The maximum Gasteiger partial charge on any atom is 0.123 e. The van der Waals surface area contributed by atoms with Gasteiger partial charge in [-0.25, -0.2) is 4.98 Å². The third kappa shape index (κ3) is 6.87. The zero-order valence-electron chi connectivity index (χ0n) is 14.8. The zero-order chi connectivity index (χ0) is 16.3. The number of benzene rings is 1. The number of rotatable bonds is 11. The fraction of sp³-hybridized carbons (Fsp3) is 0.571. The SMILES string of the molecule is CCCCCCCCCCCc1csc(-c2ccc(C)cc2)n1. The first-order valence-corrected chi connectivity index (χ1v) is 10.2. The van der Waals surface area contributed by atoms with Gasteiger partial charge in [-0.2, -0.15) is 0 Å². The zero-order valence-corrected chi connectivity index (χ0v) is 15.6. The number of thiazole rings is 1. The van der Waals surface area contributed by atoms with Crippen molar-refractivity contribution >= 4 is 11.3 Å². The van der Waals surface area contributed by atoms with Crippen LogP contribution in [0, 0.1) is 6.92 Å². The van der Waals surface area contributed by atoms with Crippen LogP contribution in [0.25, 0.3) is 10.6 Å². The van der Waals surface area contributed by atoms with Gasteiger partial charge in [0.1, 0.15) is 5.01 Å². The minimum atomic E-state index is 1.14. The predicted molar refractivity (Wildman–Crippen MR) is 103 cm³/mol. The van der Waals surface area contributed by atoms with Gasteiger partial charge in [0, 0.05) is 10.9 Å². The minimum Gasteiger partial charge on any atom is -0.241 e. The monoisotopic (exact) mass is 329 g/mol. The summed E-state index contributed by atoms with van der Waals surface area (Å²) in [7, 11) is 0. The second-order valence-corrected chi connectivity index (χ2v) is 7.45. The molecule has 0 N–H and O–H groups in total. The lowest BCUT2D eigenvalue weighted by molar-refractivity contribution is 0.564. The van der Waals surface area contributed by atoms with Gasteiger partial charge in [-0.05, 0) is 19.8 Å². The van der Waals surface area contributed by atoms with Gasteiger partial charge in [-0.1, -0.05) is 88.1 Å². The summed E-state index contributed by atoms with van der Waals surface area (Å²) >= 11 is 1.78. The molecule has 2 aromatic rings. The summed E-state index contributed by atoms with van der Waals surface area (Å²) in [6, 6.07) is 8.68. The topological polar surface area (TPSA) is 12.9 Å². The summed E-state index contributed by atoms with van der Waals surface area (Å²) in [5, 5.41) is 3.40. The molecule has 1 aromatic carbocycles. The largest absolute Gasteiger partial charge is 0.241 e. The van der Waals surface area contributed by atoms with E-state index in [0.717, 1.165) is 11.4 Å². The van der Waals surface area contributed by atoms with E-state index in [1.165, 1.54) is 74.6 Å². The number of nitrogens with zero attached hydrogens (tertiary/aromatic N) is 1. The van der Waals surface area contributed by atoms with Crippen LogP contribution in [0.3, 0.4) is 0 Å². The third-order valence-corrected chi connectivity index (χ3v) is 5.33. The highest BCUT2D eigenvalue weighted by molar-refractivity contribution is 7.13. The predicted octanol–water partition coefficient (Wildman–Crippen LogP) is 7.19. The maximum absolute atomic E-state index is 4.80. The van der Waals surface area contributed by atoms with Crippen molar-refractivity contribution < 1.29 is 0 Å². The van der Waals surface area contributed by atoms with E-state index in [-0.39, 0.29) is 0 Å². The van der Waals surface area contributed by atoms with E-state index >= 15 is 0 Å². The highest BCUT2D eigenvalue weighted by Crippen LogP contribution is 2.24. The molecule has 0 amide bonds. The molecule has 0 aliphatic rings. The van der Waals surface area contributed by atoms with E-state index in [4.69, 9.17) is 4.98 Å². The standard InChI is InChI=1S/C21H31NS/c1-3-4-5-6-7-8-9-10-11-12-20-17-23-21(22-20)19-15-13-18(2)14-16-19/h13-17H,3-12H2,1-2H3. The average Bonchev–Trinajstić information content (AvgIpc) is 3.03. The lowest BCUT2D eigenvalue weighted by Gasteiger charge is -2.01. The molecule has 0 saturated heterocycles. The van der Waals surface area contributed by atoms with Crippen LogP contribution in [0.5, 0.6) is 0 Å². The molecule has 2 heteroatoms. The van der Waals surface area contributed by atoms with Crippen LogP contribution in [0.15, 0.2) is 29.6 Å². The normalized spacial score (nSPS) is 11.0. The Morgan fingerprint density at radius 2 is 1.43 bits per heavy atom. The quantitative estimate of drug-likeness (QED) is 0.397. The van der Waals surface area contributed by atoms with E-state index < -0.39 is 0 Å². The Morgan fingerprint density at radius 1 is 0.826 bits per heavy atom. The molecule has 2 rings (SSSR count). The molecular formula is C21H31NS. The number of hydrogen-bond donors (Lipinski definition) is 0. The van der Waals surface area contributed by atoms with Crippen LogP contribution in [-0.2, 0) is 6.42 Å². The molecule has 0 bridgehead atoms. The Labute approximate surface area is 146 Å². The van der Waals surface area contributed by atoms with Crippen molar-refractivity contribution in [2.24, 2.45) is 0 Å². The summed E-state index contributed by atoms with van der Waals surface area (Å²) in [4.78, 5) is 4.80. The fourth-order valence-corrected chi connectivity index (χ4v) is 3.73. The van der Waals surface area contributed by atoms with E-state index in [1.807, 2.05) is 0 Å². The molecule has 1 nitrogen and oxygen atoms in total. The molecule has 23 heavy (non-hydrogen) atoms. The summed E-state index contributed by atoms with van der Waals surface area (Å²) in [5.74, 6) is 0. The van der Waals surface area contributed by atoms with Gasteiger partial charge >= 0.3 is 0 Å². The molecule has 0 aliphatic heterocycles. The van der Waals surface area contributed by atoms with Gasteiger partial charge in [-0.15, -0.1) is 11.3 Å². The Kier molecular flexibility index (Phi) is 8.38. The van der Waals surface area contributed by atoms with Crippen molar-refractivity contribution in [3.05, 3.63) is 40.9 Å². The first-order valence-electron chi connectivity index (χ1n) is 9.31. The van der Waals surface area contributed by atoms with Crippen LogP contribution < -0.4 is 0 Å². The van der Waals surface area contributed by atoms with Crippen molar-refractivity contribution in [2.45, 2.75) is 78.1 Å². The second-order valence-electron chi connectivity index (χ2n) is 6.59. The van der Waals surface area contributed by atoms with Gasteiger partial charge in [-0.3, -0.25) is 0 Å². The van der Waals surface area contributed by atoms with Crippen LogP contribution in [0.2, 0.25) is 0 Å². The van der Waals surface area contributed by atoms with Gasteiger partial charge in [0.25, 0.3) is 0 Å². The van der Waals surface area contributed by atoms with Crippen molar-refractivity contribution in [3.63, 3.8) is 0 Å². The average molecular weight is 330 g/mol. The van der Waals surface area contributed by atoms with Gasteiger partial charge in [0.15, 0.2) is 0 Å². The molecule has 0 fully saturated rings. The minimum absolute atomic E-state index is 1.14. The van der Waals surface area contributed by atoms with Crippen LogP contribution in [0.1, 0.15) is 76.0 Å². The van der Waals surface area contributed by atoms with E-state index in [2.05, 4.69) is 43.5 Å². The molecule has 0 atom stereocenters. The molecule has 0 unspecified atom stereocenters. The van der Waals surface area contributed by atoms with Gasteiger partial charge < -0.3 is 0 Å². The van der Waals surface area contributed by atoms with E-state index in [1.54, 1.807) is 11.3 Å². The summed E-state index contributed by atoms with van der Waals surface area (Å²) < 4.78 is 0. The number of hydrogen-bond acceptors (Lipinski definition) is 2. The van der Waals surface area contributed by atoms with Gasteiger partial charge in [0.2, 0.25) is 0 Å². The lowest BCUT2D eigenvalue weighted by Crippen LogP contribution is -1.87. The molecular weight excluding hydrogens is 298 g/mol. The molecule has 126 valence electrons. The van der Waals surface area contributed by atoms with Crippen LogP contribution >= 0.6 is 11.3 Å². The molecule has 0 spiro atoms. The molecule has 0 radical (unpaired) electrons. The first-order chi connectivity index (χ1) is 11.3. The highest BCUT2D eigenvalue weighted by Gasteiger charge is 2.04. The molecule has 1 heterocycles. The maximum atomic E-state index is 4.80. The molecule has 1 aromatic heterocycles. The number of aromatic nitrogens is 1. The van der Waals surface area contributed by atoms with Crippen LogP contribution in [-0.4, -0.2) is 4.98 Å². The van der Waals surface area contributed by atoms with E-state index in [0.29, 0.717) is 0 Å². The lowest BCUT2D eigenvalue weighted by atomic mass is 10.1. The Morgan fingerprint density at radius 3 is 2.09 bits per heavy atom. The van der Waals surface area contributed by atoms with Crippen molar-refractivity contribution in [3.8, 4) is 10.6 Å². The smallest absolute Gasteiger partial charge is 0.123 e. The number of aryl methyl sites for hydroxylation is 2. The van der Waals surface area contributed by atoms with Gasteiger partial charge in [0.05, 0.1) is 5.69 Å².